The lowest BCUT2D eigenvalue weighted by molar-refractivity contribution is 0.636. The number of nitrogens with zero attached hydrogens (tertiary/aromatic N) is 6. The maximum atomic E-state index is 13.8. The van der Waals surface area contributed by atoms with Crippen molar-refractivity contribution in [2.75, 3.05) is 11.1 Å². The summed E-state index contributed by atoms with van der Waals surface area (Å²) in [6.45, 7) is 1.94. The zero-order chi connectivity index (χ0) is 22.2. The van der Waals surface area contributed by atoms with Gasteiger partial charge in [-0.15, -0.1) is 0 Å². The normalized spacial score (nSPS) is 14.1. The summed E-state index contributed by atoms with van der Waals surface area (Å²) in [6, 6.07) is 11.6. The van der Waals surface area contributed by atoms with Gasteiger partial charge in [0.1, 0.15) is 17.5 Å². The summed E-state index contributed by atoms with van der Waals surface area (Å²) in [4.78, 5) is 21.8. The van der Waals surface area contributed by atoms with Gasteiger partial charge in [-0.05, 0) is 42.8 Å². The van der Waals surface area contributed by atoms with Gasteiger partial charge < -0.3 is 15.6 Å². The van der Waals surface area contributed by atoms with Crippen molar-refractivity contribution in [3.8, 4) is 17.2 Å². The number of fused-ring (bicyclic) bond motifs is 1. The molecule has 1 aliphatic rings. The van der Waals surface area contributed by atoms with E-state index in [2.05, 4.69) is 31.6 Å². The molecule has 1 atom stereocenters. The molecule has 0 amide bonds. The maximum absolute atomic E-state index is 13.8. The van der Waals surface area contributed by atoms with Gasteiger partial charge in [0.05, 0.1) is 30.0 Å². The number of hydrogen-bond donors (Lipinski definition) is 2. The van der Waals surface area contributed by atoms with Crippen molar-refractivity contribution in [2.24, 2.45) is 0 Å². The molecule has 4 aromatic rings. The molecule has 1 fully saturated rings. The van der Waals surface area contributed by atoms with Crippen LogP contribution in [0.1, 0.15) is 43.1 Å². The van der Waals surface area contributed by atoms with E-state index in [1.54, 1.807) is 12.4 Å². The molecule has 0 saturated heterocycles. The van der Waals surface area contributed by atoms with Gasteiger partial charge in [-0.3, -0.25) is 4.79 Å². The molecule has 1 saturated carbocycles. The van der Waals surface area contributed by atoms with Crippen molar-refractivity contribution in [3.63, 3.8) is 0 Å². The third-order valence-corrected chi connectivity index (χ3v) is 5.64. The Morgan fingerprint density at radius 2 is 2.09 bits per heavy atom. The number of pyridine rings is 1. The Bertz CT molecular complexity index is 1420. The van der Waals surface area contributed by atoms with E-state index in [4.69, 9.17) is 5.73 Å². The number of nitriles is 1. The third-order valence-electron chi connectivity index (χ3n) is 5.64. The minimum Gasteiger partial charge on any atom is -0.368 e. The zero-order valence-electron chi connectivity index (χ0n) is 17.4. The van der Waals surface area contributed by atoms with Crippen molar-refractivity contribution in [3.05, 3.63) is 70.5 Å². The average molecular weight is 424 g/mol. The monoisotopic (exact) mass is 424 g/mol. The number of benzene rings is 1. The summed E-state index contributed by atoms with van der Waals surface area (Å²) >= 11 is 0. The molecule has 5 rings (SSSR count). The van der Waals surface area contributed by atoms with Gasteiger partial charge in [0.15, 0.2) is 0 Å². The SMILES string of the molecule is CC(Nc1nc(N)ncc1C#N)c1cc2cccc(-c3ccnnc3)c2c(=O)n1C1CC1. The topological polar surface area (TPSA) is 135 Å². The van der Waals surface area contributed by atoms with Gasteiger partial charge in [-0.1, -0.05) is 18.2 Å². The van der Waals surface area contributed by atoms with Crippen LogP contribution in [0.3, 0.4) is 0 Å². The summed E-state index contributed by atoms with van der Waals surface area (Å²) in [5.41, 5.74) is 8.48. The number of nitrogens with one attached hydrogen (secondary N) is 1. The largest absolute Gasteiger partial charge is 0.368 e. The van der Waals surface area contributed by atoms with E-state index in [0.717, 1.165) is 35.0 Å². The highest BCUT2D eigenvalue weighted by molar-refractivity contribution is 5.96. The fraction of sp³-hybridized carbons (Fsp3) is 0.217. The standard InChI is InChI=1S/C23H20N8O/c1-13(29-21-16(10-24)11-26-23(25)30-21)19-9-14-3-2-4-18(15-7-8-27-28-12-15)20(14)22(32)31(19)17-5-6-17/h2-4,7-9,11-13,17H,5-6H2,1H3,(H3,25,26,29,30). The van der Waals surface area contributed by atoms with Crippen molar-refractivity contribution in [1.82, 2.24) is 24.7 Å². The Hall–Kier alpha value is -4.32. The van der Waals surface area contributed by atoms with Crippen LogP contribution in [0.4, 0.5) is 11.8 Å². The summed E-state index contributed by atoms with van der Waals surface area (Å²) in [7, 11) is 0. The van der Waals surface area contributed by atoms with E-state index in [1.807, 2.05) is 41.8 Å². The molecular weight excluding hydrogens is 404 g/mol. The molecule has 9 heteroatoms. The van der Waals surface area contributed by atoms with Crippen LogP contribution in [0.15, 0.2) is 53.7 Å². The first kappa shape index (κ1) is 19.6. The first-order valence-corrected chi connectivity index (χ1v) is 10.3. The first-order valence-electron chi connectivity index (χ1n) is 10.3. The van der Waals surface area contributed by atoms with Gasteiger partial charge >= 0.3 is 0 Å². The van der Waals surface area contributed by atoms with Crippen molar-refractivity contribution < 1.29 is 0 Å². The smallest absolute Gasteiger partial charge is 0.259 e. The molecular formula is C23H20N8O. The molecule has 158 valence electrons. The molecule has 32 heavy (non-hydrogen) atoms. The van der Waals surface area contributed by atoms with Crippen molar-refractivity contribution in [1.29, 1.82) is 5.26 Å². The molecule has 0 radical (unpaired) electrons. The second kappa shape index (κ2) is 7.74. The molecule has 1 unspecified atom stereocenters. The van der Waals surface area contributed by atoms with Gasteiger partial charge in [0.2, 0.25) is 5.95 Å². The van der Waals surface area contributed by atoms with Gasteiger partial charge in [-0.25, -0.2) is 4.98 Å². The van der Waals surface area contributed by atoms with Crippen LogP contribution in [-0.2, 0) is 0 Å². The van der Waals surface area contributed by atoms with E-state index < -0.39 is 0 Å². The molecule has 0 bridgehead atoms. The fourth-order valence-corrected chi connectivity index (χ4v) is 4.00. The van der Waals surface area contributed by atoms with E-state index in [-0.39, 0.29) is 23.6 Å². The van der Waals surface area contributed by atoms with Crippen LogP contribution < -0.4 is 16.6 Å². The van der Waals surface area contributed by atoms with Crippen LogP contribution in [-0.4, -0.2) is 24.7 Å². The van der Waals surface area contributed by atoms with E-state index in [9.17, 15) is 10.1 Å². The molecule has 1 aromatic carbocycles. The highest BCUT2D eigenvalue weighted by atomic mass is 16.1. The minimum atomic E-state index is -0.291. The van der Waals surface area contributed by atoms with Crippen LogP contribution in [0.2, 0.25) is 0 Å². The second-order valence-electron chi connectivity index (χ2n) is 7.84. The molecule has 3 aromatic heterocycles. The van der Waals surface area contributed by atoms with Crippen LogP contribution >= 0.6 is 0 Å². The van der Waals surface area contributed by atoms with Gasteiger partial charge in [-0.2, -0.15) is 20.4 Å². The Kier molecular flexibility index (Phi) is 4.75. The number of hydrogen-bond acceptors (Lipinski definition) is 8. The predicted octanol–water partition coefficient (Wildman–Crippen LogP) is 3.21. The third kappa shape index (κ3) is 3.41. The summed E-state index contributed by atoms with van der Waals surface area (Å²) in [5.74, 6) is 0.423. The number of aromatic nitrogens is 5. The lowest BCUT2D eigenvalue weighted by atomic mass is 9.99. The lowest BCUT2D eigenvalue weighted by Gasteiger charge is -2.22. The Morgan fingerprint density at radius 3 is 2.81 bits per heavy atom. The first-order chi connectivity index (χ1) is 15.6. The highest BCUT2D eigenvalue weighted by Gasteiger charge is 2.30. The van der Waals surface area contributed by atoms with Gasteiger partial charge in [0.25, 0.3) is 5.56 Å². The summed E-state index contributed by atoms with van der Waals surface area (Å²) in [6.07, 6.45) is 6.58. The van der Waals surface area contributed by atoms with Crippen molar-refractivity contribution in [2.45, 2.75) is 31.8 Å². The predicted molar refractivity (Wildman–Crippen MR) is 121 cm³/mol. The highest BCUT2D eigenvalue weighted by Crippen LogP contribution is 2.38. The molecule has 0 spiro atoms. The quantitative estimate of drug-likeness (QED) is 0.498. The van der Waals surface area contributed by atoms with Crippen molar-refractivity contribution >= 4 is 22.5 Å². The fourth-order valence-electron chi connectivity index (χ4n) is 4.00. The van der Waals surface area contributed by atoms with E-state index >= 15 is 0 Å². The maximum Gasteiger partial charge on any atom is 0.259 e. The lowest BCUT2D eigenvalue weighted by Crippen LogP contribution is -2.26. The second-order valence-corrected chi connectivity index (χ2v) is 7.84. The summed E-state index contributed by atoms with van der Waals surface area (Å²) in [5, 5.41) is 22.0. The molecule has 3 N–H and O–H groups in total. The van der Waals surface area contributed by atoms with E-state index in [1.165, 1.54) is 6.20 Å². The van der Waals surface area contributed by atoms with E-state index in [0.29, 0.717) is 16.8 Å². The van der Waals surface area contributed by atoms with Crippen LogP contribution in [0.5, 0.6) is 0 Å². The number of nitrogens with two attached hydrogens (primary N) is 1. The van der Waals surface area contributed by atoms with Crippen LogP contribution in [0.25, 0.3) is 21.9 Å². The number of rotatable bonds is 5. The molecule has 1 aliphatic carbocycles. The molecule has 3 heterocycles. The molecule has 9 nitrogen and oxygen atoms in total. The Balaban J connectivity index is 1.66. The number of nitrogen functional groups attached to an aromatic ring is 1. The van der Waals surface area contributed by atoms with Crippen LogP contribution in [0, 0.1) is 11.3 Å². The minimum absolute atomic E-state index is 0.0382. The Labute approximate surface area is 183 Å². The number of anilines is 2. The zero-order valence-corrected chi connectivity index (χ0v) is 17.4. The van der Waals surface area contributed by atoms with Gasteiger partial charge in [0, 0.05) is 17.3 Å². The molecule has 0 aliphatic heterocycles. The average Bonchev–Trinajstić information content (AvgIpc) is 3.64. The Morgan fingerprint density at radius 1 is 1.25 bits per heavy atom. The summed E-state index contributed by atoms with van der Waals surface area (Å²) < 4.78 is 1.87.